The van der Waals surface area contributed by atoms with Crippen molar-refractivity contribution in [1.82, 2.24) is 15.1 Å². The second kappa shape index (κ2) is 7.59. The number of hydrogen-bond donors (Lipinski definition) is 1. The van der Waals surface area contributed by atoms with Crippen LogP contribution >= 0.6 is 11.3 Å². The molecule has 0 radical (unpaired) electrons. The SMILES string of the molecule is Cc1noc(-c2c(NS(=O)(=O)c3ccc(-c4coc(C)n4)cc3)sc3c2CCOC3)n1. The number of ether oxygens (including phenoxy) is 1. The highest BCUT2D eigenvalue weighted by atomic mass is 32.2. The van der Waals surface area contributed by atoms with Crippen molar-refractivity contribution in [3.8, 4) is 22.7 Å². The van der Waals surface area contributed by atoms with Gasteiger partial charge in [0.15, 0.2) is 11.7 Å². The van der Waals surface area contributed by atoms with Crippen LogP contribution in [0.1, 0.15) is 22.2 Å². The fraction of sp³-hybridized carbons (Fsp3) is 0.250. The maximum absolute atomic E-state index is 13.1. The standard InChI is InChI=1S/C20H18N4O5S2/c1-11-21-19(29-23-11)18-15-7-8-27-10-17(15)30-20(18)24-31(25,26)14-5-3-13(4-6-14)16-9-28-12(2)22-16/h3-6,9,24H,7-8,10H2,1-2H3. The van der Waals surface area contributed by atoms with Crippen LogP contribution in [0.5, 0.6) is 0 Å². The van der Waals surface area contributed by atoms with Crippen LogP contribution < -0.4 is 4.72 Å². The quantitative estimate of drug-likeness (QED) is 0.477. The molecule has 3 aromatic heterocycles. The monoisotopic (exact) mass is 458 g/mol. The summed E-state index contributed by atoms with van der Waals surface area (Å²) in [5.74, 6) is 1.32. The molecule has 31 heavy (non-hydrogen) atoms. The van der Waals surface area contributed by atoms with Gasteiger partial charge < -0.3 is 13.7 Å². The third-order valence-corrected chi connectivity index (χ3v) is 7.48. The third kappa shape index (κ3) is 3.75. The molecule has 0 atom stereocenters. The van der Waals surface area contributed by atoms with Crippen LogP contribution in [0, 0.1) is 13.8 Å². The minimum Gasteiger partial charge on any atom is -0.449 e. The Kier molecular flexibility index (Phi) is 4.88. The fourth-order valence-electron chi connectivity index (χ4n) is 3.41. The van der Waals surface area contributed by atoms with Crippen molar-refractivity contribution in [3.05, 3.63) is 52.7 Å². The van der Waals surface area contributed by atoms with Gasteiger partial charge in [-0.05, 0) is 31.0 Å². The number of aromatic nitrogens is 3. The number of hydrogen-bond acceptors (Lipinski definition) is 9. The zero-order valence-corrected chi connectivity index (χ0v) is 18.3. The second-order valence-electron chi connectivity index (χ2n) is 7.04. The van der Waals surface area contributed by atoms with Gasteiger partial charge in [-0.2, -0.15) is 4.98 Å². The summed E-state index contributed by atoms with van der Waals surface area (Å²) in [7, 11) is -3.84. The lowest BCUT2D eigenvalue weighted by atomic mass is 10.1. The molecule has 0 unspecified atom stereocenters. The lowest BCUT2D eigenvalue weighted by Gasteiger charge is -2.12. The number of thiophene rings is 1. The second-order valence-corrected chi connectivity index (χ2v) is 9.83. The van der Waals surface area contributed by atoms with E-state index < -0.39 is 10.0 Å². The van der Waals surface area contributed by atoms with E-state index in [1.807, 2.05) is 0 Å². The molecule has 0 saturated carbocycles. The number of sulfonamides is 1. The maximum atomic E-state index is 13.1. The van der Waals surface area contributed by atoms with Gasteiger partial charge in [0.1, 0.15) is 17.0 Å². The van der Waals surface area contributed by atoms with Crippen molar-refractivity contribution < 1.29 is 22.1 Å². The van der Waals surface area contributed by atoms with Gasteiger partial charge in [-0.1, -0.05) is 17.3 Å². The molecule has 9 nitrogen and oxygen atoms in total. The largest absolute Gasteiger partial charge is 0.449 e. The molecular weight excluding hydrogens is 440 g/mol. The van der Waals surface area contributed by atoms with Crippen molar-refractivity contribution in [2.24, 2.45) is 0 Å². The number of fused-ring (bicyclic) bond motifs is 1. The van der Waals surface area contributed by atoms with Crippen LogP contribution in [-0.4, -0.2) is 30.1 Å². The van der Waals surface area contributed by atoms with Crippen molar-refractivity contribution in [3.63, 3.8) is 0 Å². The molecule has 1 N–H and O–H groups in total. The highest BCUT2D eigenvalue weighted by Gasteiger charge is 2.28. The Hall–Kier alpha value is -3.02. The van der Waals surface area contributed by atoms with E-state index in [-0.39, 0.29) is 4.90 Å². The first-order valence-corrected chi connectivity index (χ1v) is 11.8. The highest BCUT2D eigenvalue weighted by Crippen LogP contribution is 2.43. The van der Waals surface area contributed by atoms with E-state index in [9.17, 15) is 8.42 Å². The first-order chi connectivity index (χ1) is 14.9. The zero-order valence-electron chi connectivity index (χ0n) is 16.7. The Bertz CT molecular complexity index is 1350. The topological polar surface area (TPSA) is 120 Å². The summed E-state index contributed by atoms with van der Waals surface area (Å²) < 4.78 is 45.1. The number of rotatable bonds is 5. The number of anilines is 1. The summed E-state index contributed by atoms with van der Waals surface area (Å²) in [6.07, 6.45) is 2.18. The van der Waals surface area contributed by atoms with E-state index in [1.165, 1.54) is 29.7 Å². The fourth-order valence-corrected chi connectivity index (χ4v) is 5.89. The summed E-state index contributed by atoms with van der Waals surface area (Å²) in [6.45, 7) is 4.45. The predicted molar refractivity (Wildman–Crippen MR) is 113 cm³/mol. The minimum atomic E-state index is -3.84. The summed E-state index contributed by atoms with van der Waals surface area (Å²) >= 11 is 1.32. The molecule has 0 saturated heterocycles. The summed E-state index contributed by atoms with van der Waals surface area (Å²) in [6, 6.07) is 6.46. The van der Waals surface area contributed by atoms with Gasteiger partial charge in [-0.15, -0.1) is 11.3 Å². The van der Waals surface area contributed by atoms with E-state index in [0.29, 0.717) is 53.5 Å². The summed E-state index contributed by atoms with van der Waals surface area (Å²) in [5.41, 5.74) is 3.02. The van der Waals surface area contributed by atoms with E-state index in [1.54, 1.807) is 26.0 Å². The Morgan fingerprint density at radius 2 is 1.94 bits per heavy atom. The number of nitrogens with one attached hydrogen (secondary N) is 1. The van der Waals surface area contributed by atoms with Crippen LogP contribution in [0.2, 0.25) is 0 Å². The molecule has 1 aliphatic heterocycles. The van der Waals surface area contributed by atoms with Gasteiger partial charge in [0.05, 0.1) is 23.7 Å². The van der Waals surface area contributed by atoms with Gasteiger partial charge in [0.25, 0.3) is 15.9 Å². The molecule has 0 aliphatic carbocycles. The first-order valence-electron chi connectivity index (χ1n) is 9.49. The normalized spacial score (nSPS) is 13.9. The smallest absolute Gasteiger partial charge is 0.262 e. The third-order valence-electron chi connectivity index (χ3n) is 4.87. The molecule has 4 aromatic rings. The van der Waals surface area contributed by atoms with Gasteiger partial charge >= 0.3 is 0 Å². The molecule has 0 spiro atoms. The van der Waals surface area contributed by atoms with Gasteiger partial charge in [-0.25, -0.2) is 13.4 Å². The van der Waals surface area contributed by atoms with Crippen molar-refractivity contribution in [1.29, 1.82) is 0 Å². The number of aryl methyl sites for hydroxylation is 2. The molecule has 4 heterocycles. The average molecular weight is 459 g/mol. The van der Waals surface area contributed by atoms with Gasteiger partial charge in [0.2, 0.25) is 0 Å². The maximum Gasteiger partial charge on any atom is 0.262 e. The van der Waals surface area contributed by atoms with Crippen LogP contribution in [0.15, 0.2) is 44.4 Å². The van der Waals surface area contributed by atoms with Crippen molar-refractivity contribution in [2.45, 2.75) is 31.8 Å². The van der Waals surface area contributed by atoms with Gasteiger partial charge in [0, 0.05) is 17.4 Å². The molecule has 0 fully saturated rings. The van der Waals surface area contributed by atoms with Gasteiger partial charge in [-0.3, -0.25) is 4.72 Å². The van der Waals surface area contributed by atoms with Crippen LogP contribution in [0.25, 0.3) is 22.7 Å². The molecule has 0 bridgehead atoms. The molecule has 5 rings (SSSR count). The lowest BCUT2D eigenvalue weighted by molar-refractivity contribution is 0.113. The zero-order chi connectivity index (χ0) is 21.6. The molecule has 1 aliphatic rings. The van der Waals surface area contributed by atoms with Crippen LogP contribution in [0.3, 0.4) is 0 Å². The molecule has 0 amide bonds. The van der Waals surface area contributed by atoms with E-state index in [0.717, 1.165) is 16.0 Å². The van der Waals surface area contributed by atoms with E-state index in [2.05, 4.69) is 19.8 Å². The van der Waals surface area contributed by atoms with Crippen molar-refractivity contribution >= 4 is 26.4 Å². The molecular formula is C20H18N4O5S2. The van der Waals surface area contributed by atoms with Crippen LogP contribution in [0.4, 0.5) is 5.00 Å². The number of oxazole rings is 1. The van der Waals surface area contributed by atoms with E-state index >= 15 is 0 Å². The first kappa shape index (κ1) is 19.9. The number of nitrogens with zero attached hydrogens (tertiary/aromatic N) is 3. The predicted octanol–water partition coefficient (Wildman–Crippen LogP) is 3.94. The summed E-state index contributed by atoms with van der Waals surface area (Å²) in [5, 5.41) is 4.29. The molecule has 160 valence electrons. The highest BCUT2D eigenvalue weighted by molar-refractivity contribution is 7.93. The lowest BCUT2D eigenvalue weighted by Crippen LogP contribution is -2.13. The number of benzene rings is 1. The molecule has 11 heteroatoms. The Labute approximate surface area is 182 Å². The average Bonchev–Trinajstić information content (AvgIpc) is 3.46. The Morgan fingerprint density at radius 3 is 2.61 bits per heavy atom. The Morgan fingerprint density at radius 1 is 1.13 bits per heavy atom. The molecule has 1 aromatic carbocycles. The van der Waals surface area contributed by atoms with Crippen molar-refractivity contribution in [2.75, 3.05) is 11.3 Å². The Balaban J connectivity index is 1.50. The van der Waals surface area contributed by atoms with E-state index in [4.69, 9.17) is 13.7 Å². The summed E-state index contributed by atoms with van der Waals surface area (Å²) in [4.78, 5) is 9.65. The van der Waals surface area contributed by atoms with Crippen LogP contribution in [-0.2, 0) is 27.8 Å². The minimum absolute atomic E-state index is 0.131.